The molecule has 78 valence electrons. The van der Waals surface area contributed by atoms with Crippen molar-refractivity contribution < 1.29 is 4.39 Å². The first-order valence-corrected chi connectivity index (χ1v) is 5.97. The lowest BCUT2D eigenvalue weighted by molar-refractivity contribution is 0.584. The summed E-state index contributed by atoms with van der Waals surface area (Å²) in [5.74, 6) is 1.84. The Balaban J connectivity index is 2.37. The standard InChI is InChI=1S/C10H15FN2S/c1-8(7-14-2)6-12-10-5-3-4-9(11)13-10/h3-5,8H,6-7H2,1-2H3,(H,12,13). The fraction of sp³-hybridized carbons (Fsp3) is 0.500. The molecule has 2 nitrogen and oxygen atoms in total. The summed E-state index contributed by atoms with van der Waals surface area (Å²) in [5, 5.41) is 3.11. The van der Waals surface area contributed by atoms with Gasteiger partial charge in [0.1, 0.15) is 5.82 Å². The monoisotopic (exact) mass is 214 g/mol. The second kappa shape index (κ2) is 5.86. The van der Waals surface area contributed by atoms with Gasteiger partial charge in [0.2, 0.25) is 5.95 Å². The number of aromatic nitrogens is 1. The Kier molecular flexibility index (Phi) is 4.73. The third kappa shape index (κ3) is 3.96. The van der Waals surface area contributed by atoms with Gasteiger partial charge in [0.15, 0.2) is 0 Å². The minimum atomic E-state index is -0.437. The molecule has 14 heavy (non-hydrogen) atoms. The van der Waals surface area contributed by atoms with E-state index in [0.29, 0.717) is 11.7 Å². The van der Waals surface area contributed by atoms with E-state index in [4.69, 9.17) is 0 Å². The van der Waals surface area contributed by atoms with Crippen molar-refractivity contribution in [1.82, 2.24) is 4.98 Å². The van der Waals surface area contributed by atoms with Crippen LogP contribution < -0.4 is 5.32 Å². The van der Waals surface area contributed by atoms with Crippen molar-refractivity contribution in [2.45, 2.75) is 6.92 Å². The second-order valence-electron chi connectivity index (χ2n) is 3.29. The Hall–Kier alpha value is -0.770. The molecule has 0 spiro atoms. The first-order valence-electron chi connectivity index (χ1n) is 4.57. The highest BCUT2D eigenvalue weighted by Crippen LogP contribution is 2.07. The van der Waals surface area contributed by atoms with Crippen molar-refractivity contribution in [2.75, 3.05) is 23.9 Å². The Bertz CT molecular complexity index is 281. The molecule has 1 heterocycles. The van der Waals surface area contributed by atoms with Crippen molar-refractivity contribution in [2.24, 2.45) is 5.92 Å². The van der Waals surface area contributed by atoms with Gasteiger partial charge in [-0.25, -0.2) is 4.98 Å². The molecule has 0 saturated heterocycles. The van der Waals surface area contributed by atoms with E-state index in [2.05, 4.69) is 23.5 Å². The van der Waals surface area contributed by atoms with E-state index in [1.54, 1.807) is 12.1 Å². The van der Waals surface area contributed by atoms with Crippen molar-refractivity contribution >= 4 is 17.6 Å². The number of rotatable bonds is 5. The fourth-order valence-electron chi connectivity index (χ4n) is 1.13. The van der Waals surface area contributed by atoms with E-state index in [-0.39, 0.29) is 0 Å². The Morgan fingerprint density at radius 3 is 3.00 bits per heavy atom. The van der Waals surface area contributed by atoms with Gasteiger partial charge in [-0.05, 0) is 30.1 Å². The summed E-state index contributed by atoms with van der Waals surface area (Å²) >= 11 is 1.81. The van der Waals surface area contributed by atoms with Crippen LogP contribution in [0.15, 0.2) is 18.2 Å². The molecular formula is C10H15FN2S. The van der Waals surface area contributed by atoms with Crippen LogP contribution >= 0.6 is 11.8 Å². The molecule has 1 rings (SSSR count). The van der Waals surface area contributed by atoms with Crippen molar-refractivity contribution in [3.05, 3.63) is 24.1 Å². The first-order chi connectivity index (χ1) is 6.72. The highest BCUT2D eigenvalue weighted by Gasteiger charge is 2.01. The molecule has 0 bridgehead atoms. The van der Waals surface area contributed by atoms with Gasteiger partial charge in [-0.15, -0.1) is 0 Å². The molecule has 1 aromatic rings. The predicted octanol–water partition coefficient (Wildman–Crippen LogP) is 2.63. The summed E-state index contributed by atoms with van der Waals surface area (Å²) in [4.78, 5) is 3.72. The molecule has 0 aliphatic heterocycles. The molecule has 0 radical (unpaired) electrons. The molecule has 0 aliphatic rings. The van der Waals surface area contributed by atoms with Crippen LogP contribution in [0.1, 0.15) is 6.92 Å². The Morgan fingerprint density at radius 2 is 2.36 bits per heavy atom. The quantitative estimate of drug-likeness (QED) is 0.763. The van der Waals surface area contributed by atoms with Crippen LogP contribution in [-0.2, 0) is 0 Å². The molecule has 1 unspecified atom stereocenters. The van der Waals surface area contributed by atoms with E-state index in [9.17, 15) is 4.39 Å². The van der Waals surface area contributed by atoms with Crippen molar-refractivity contribution in [3.63, 3.8) is 0 Å². The Morgan fingerprint density at radius 1 is 1.57 bits per heavy atom. The Labute approximate surface area is 88.3 Å². The molecule has 0 aliphatic carbocycles. The van der Waals surface area contributed by atoms with Crippen LogP contribution in [0.5, 0.6) is 0 Å². The minimum absolute atomic E-state index is 0.437. The minimum Gasteiger partial charge on any atom is -0.370 e. The van der Waals surface area contributed by atoms with Crippen LogP contribution in [-0.4, -0.2) is 23.5 Å². The van der Waals surface area contributed by atoms with Gasteiger partial charge in [-0.3, -0.25) is 0 Å². The lowest BCUT2D eigenvalue weighted by atomic mass is 10.2. The van der Waals surface area contributed by atoms with E-state index in [1.807, 2.05) is 11.8 Å². The third-order valence-corrected chi connectivity index (χ3v) is 2.70. The van der Waals surface area contributed by atoms with Crippen LogP contribution in [0.2, 0.25) is 0 Å². The molecule has 0 saturated carbocycles. The van der Waals surface area contributed by atoms with Gasteiger partial charge in [-0.2, -0.15) is 16.2 Å². The molecule has 1 aromatic heterocycles. The van der Waals surface area contributed by atoms with Crippen LogP contribution in [0.4, 0.5) is 10.2 Å². The molecule has 1 N–H and O–H groups in total. The zero-order valence-electron chi connectivity index (χ0n) is 8.46. The summed E-state index contributed by atoms with van der Waals surface area (Å²) in [6.07, 6.45) is 2.08. The fourth-order valence-corrected chi connectivity index (χ4v) is 1.82. The van der Waals surface area contributed by atoms with E-state index in [0.717, 1.165) is 12.3 Å². The van der Waals surface area contributed by atoms with Gasteiger partial charge in [0.25, 0.3) is 0 Å². The van der Waals surface area contributed by atoms with E-state index in [1.165, 1.54) is 6.07 Å². The number of hydrogen-bond acceptors (Lipinski definition) is 3. The number of pyridine rings is 1. The summed E-state index contributed by atoms with van der Waals surface area (Å²) < 4.78 is 12.7. The summed E-state index contributed by atoms with van der Waals surface area (Å²) in [6, 6.07) is 4.77. The molecule has 1 atom stereocenters. The lowest BCUT2D eigenvalue weighted by Crippen LogP contribution is -2.14. The number of thioether (sulfide) groups is 1. The molecular weight excluding hydrogens is 199 g/mol. The maximum Gasteiger partial charge on any atom is 0.214 e. The van der Waals surface area contributed by atoms with E-state index < -0.39 is 5.95 Å². The van der Waals surface area contributed by atoms with Crippen molar-refractivity contribution in [1.29, 1.82) is 0 Å². The van der Waals surface area contributed by atoms with Crippen LogP contribution in [0, 0.1) is 11.9 Å². The average molecular weight is 214 g/mol. The SMILES string of the molecule is CSCC(C)CNc1cccc(F)n1. The van der Waals surface area contributed by atoms with Gasteiger partial charge in [0.05, 0.1) is 0 Å². The highest BCUT2D eigenvalue weighted by molar-refractivity contribution is 7.98. The number of nitrogens with zero attached hydrogens (tertiary/aromatic N) is 1. The predicted molar refractivity (Wildman–Crippen MR) is 60.2 cm³/mol. The zero-order valence-corrected chi connectivity index (χ0v) is 9.27. The normalized spacial score (nSPS) is 12.5. The molecule has 4 heteroatoms. The van der Waals surface area contributed by atoms with Gasteiger partial charge < -0.3 is 5.32 Å². The molecule has 0 fully saturated rings. The van der Waals surface area contributed by atoms with Crippen molar-refractivity contribution in [3.8, 4) is 0 Å². The van der Waals surface area contributed by atoms with Gasteiger partial charge in [-0.1, -0.05) is 13.0 Å². The number of anilines is 1. The maximum atomic E-state index is 12.7. The number of hydrogen-bond donors (Lipinski definition) is 1. The van der Waals surface area contributed by atoms with E-state index >= 15 is 0 Å². The van der Waals surface area contributed by atoms with Crippen LogP contribution in [0.25, 0.3) is 0 Å². The first kappa shape index (κ1) is 11.3. The highest BCUT2D eigenvalue weighted by atomic mass is 32.2. The summed E-state index contributed by atoms with van der Waals surface area (Å²) in [7, 11) is 0. The summed E-state index contributed by atoms with van der Waals surface area (Å²) in [6.45, 7) is 2.99. The lowest BCUT2D eigenvalue weighted by Gasteiger charge is -2.11. The van der Waals surface area contributed by atoms with Gasteiger partial charge >= 0.3 is 0 Å². The van der Waals surface area contributed by atoms with Gasteiger partial charge in [0, 0.05) is 6.54 Å². The topological polar surface area (TPSA) is 24.9 Å². The second-order valence-corrected chi connectivity index (χ2v) is 4.20. The maximum absolute atomic E-state index is 12.7. The molecule has 0 amide bonds. The number of nitrogens with one attached hydrogen (secondary N) is 1. The number of halogens is 1. The third-order valence-electron chi connectivity index (χ3n) is 1.80. The zero-order chi connectivity index (χ0) is 10.4. The largest absolute Gasteiger partial charge is 0.370 e. The molecule has 0 aromatic carbocycles. The smallest absolute Gasteiger partial charge is 0.214 e. The summed E-state index contributed by atoms with van der Waals surface area (Å²) in [5.41, 5.74) is 0. The average Bonchev–Trinajstić information content (AvgIpc) is 2.15. The van der Waals surface area contributed by atoms with Crippen LogP contribution in [0.3, 0.4) is 0 Å².